The molecule has 0 radical (unpaired) electrons. The summed E-state index contributed by atoms with van der Waals surface area (Å²) in [5.74, 6) is -0.233. The molecule has 0 unspecified atom stereocenters. The lowest BCUT2D eigenvalue weighted by Crippen LogP contribution is -2.00. The van der Waals surface area contributed by atoms with E-state index in [9.17, 15) is 4.79 Å². The van der Waals surface area contributed by atoms with Gasteiger partial charge >= 0.3 is 5.97 Å². The van der Waals surface area contributed by atoms with E-state index in [2.05, 4.69) is 0 Å². The van der Waals surface area contributed by atoms with Crippen LogP contribution < -0.4 is 0 Å². The fraction of sp³-hybridized carbons (Fsp3) is 0.625. The summed E-state index contributed by atoms with van der Waals surface area (Å²) in [6, 6.07) is 0. The number of esters is 1. The lowest BCUT2D eigenvalue weighted by molar-refractivity contribution is -0.137. The van der Waals surface area contributed by atoms with E-state index in [-0.39, 0.29) is 5.97 Å². The van der Waals surface area contributed by atoms with Crippen LogP contribution in [-0.4, -0.2) is 12.6 Å². The first-order chi connectivity index (χ1) is 4.81. The van der Waals surface area contributed by atoms with Crippen molar-refractivity contribution in [1.29, 1.82) is 0 Å². The Bertz CT molecular complexity index is 116. The summed E-state index contributed by atoms with van der Waals surface area (Å²) in [5, 5.41) is 0. The molecule has 0 N–H and O–H groups in total. The largest absolute Gasteiger partial charge is 0.463 e. The predicted octanol–water partition coefficient (Wildman–Crippen LogP) is 1.91. The summed E-state index contributed by atoms with van der Waals surface area (Å²) < 4.78 is 4.77. The van der Waals surface area contributed by atoms with Crippen LogP contribution in [0.15, 0.2) is 12.2 Å². The number of hydrogen-bond donors (Lipinski definition) is 0. The molecule has 58 valence electrons. The molecule has 0 saturated carbocycles. The highest BCUT2D eigenvalue weighted by Crippen LogP contribution is 1.86. The molecule has 0 rings (SSSR count). The Morgan fingerprint density at radius 3 is 2.70 bits per heavy atom. The van der Waals surface area contributed by atoms with Crippen LogP contribution in [0.3, 0.4) is 0 Å². The molecule has 0 amide bonds. The lowest BCUT2D eigenvalue weighted by Gasteiger charge is -1.95. The van der Waals surface area contributed by atoms with Crippen LogP contribution in [-0.2, 0) is 9.53 Å². The van der Waals surface area contributed by atoms with Crippen LogP contribution in [0.5, 0.6) is 0 Å². The highest BCUT2D eigenvalue weighted by atomic mass is 16.5. The Morgan fingerprint density at radius 1 is 1.50 bits per heavy atom. The fourth-order valence-corrected chi connectivity index (χ4v) is 0.465. The highest BCUT2D eigenvalue weighted by molar-refractivity contribution is 5.81. The second kappa shape index (κ2) is 6.33. The Morgan fingerprint density at radius 2 is 2.20 bits per heavy atom. The van der Waals surface area contributed by atoms with Gasteiger partial charge in [-0.15, -0.1) is 0 Å². The molecule has 0 aliphatic rings. The van der Waals surface area contributed by atoms with Crippen LogP contribution in [0.1, 0.15) is 26.7 Å². The van der Waals surface area contributed by atoms with Gasteiger partial charge in [-0.1, -0.05) is 19.9 Å². The highest BCUT2D eigenvalue weighted by Gasteiger charge is 1.91. The third kappa shape index (κ3) is 5.35. The van der Waals surface area contributed by atoms with Crippen LogP contribution in [0.2, 0.25) is 0 Å². The molecule has 0 fully saturated rings. The molecular weight excluding hydrogens is 128 g/mol. The van der Waals surface area contributed by atoms with Gasteiger partial charge in [-0.25, -0.2) is 4.79 Å². The standard InChI is InChI=1S/C8H14O2/c1-3-5-6-8(9)10-7-4-2/h5-6H,3-4,7H2,1-2H3/b6-5-. The Kier molecular flexibility index (Phi) is 5.83. The molecule has 0 saturated heterocycles. The molecule has 0 heterocycles. The van der Waals surface area contributed by atoms with E-state index in [0.29, 0.717) is 6.61 Å². The van der Waals surface area contributed by atoms with Gasteiger partial charge in [0.1, 0.15) is 0 Å². The Labute approximate surface area is 61.9 Å². The Hall–Kier alpha value is -0.790. The summed E-state index contributed by atoms with van der Waals surface area (Å²) in [7, 11) is 0. The Balaban J connectivity index is 3.34. The average molecular weight is 142 g/mol. The molecule has 0 aliphatic carbocycles. The van der Waals surface area contributed by atoms with E-state index >= 15 is 0 Å². The number of carbonyl (C=O) groups excluding carboxylic acids is 1. The van der Waals surface area contributed by atoms with E-state index in [1.54, 1.807) is 6.08 Å². The molecule has 10 heavy (non-hydrogen) atoms. The average Bonchev–Trinajstić information content (AvgIpc) is 1.97. The smallest absolute Gasteiger partial charge is 0.330 e. The molecular formula is C8H14O2. The number of hydrogen-bond acceptors (Lipinski definition) is 2. The van der Waals surface area contributed by atoms with Crippen molar-refractivity contribution in [2.75, 3.05) is 6.61 Å². The molecule has 0 aromatic carbocycles. The van der Waals surface area contributed by atoms with Gasteiger partial charge in [0.05, 0.1) is 6.61 Å². The number of allylic oxidation sites excluding steroid dienone is 1. The van der Waals surface area contributed by atoms with Crippen LogP contribution in [0.25, 0.3) is 0 Å². The van der Waals surface area contributed by atoms with E-state index in [1.165, 1.54) is 6.08 Å². The van der Waals surface area contributed by atoms with E-state index in [4.69, 9.17) is 4.74 Å². The maximum atomic E-state index is 10.7. The second-order valence-electron chi connectivity index (χ2n) is 1.98. The maximum Gasteiger partial charge on any atom is 0.330 e. The summed E-state index contributed by atoms with van der Waals surface area (Å²) in [6.45, 7) is 4.47. The molecule has 0 atom stereocenters. The zero-order valence-corrected chi connectivity index (χ0v) is 6.59. The van der Waals surface area contributed by atoms with E-state index < -0.39 is 0 Å². The zero-order chi connectivity index (χ0) is 7.82. The van der Waals surface area contributed by atoms with Gasteiger partial charge in [-0.3, -0.25) is 0 Å². The van der Waals surface area contributed by atoms with Crippen molar-refractivity contribution in [3.63, 3.8) is 0 Å². The van der Waals surface area contributed by atoms with Gasteiger partial charge in [-0.2, -0.15) is 0 Å². The molecule has 0 aromatic heterocycles. The summed E-state index contributed by atoms with van der Waals surface area (Å²) >= 11 is 0. The third-order valence-electron chi connectivity index (χ3n) is 0.938. The lowest BCUT2D eigenvalue weighted by atomic mass is 10.4. The normalized spacial score (nSPS) is 10.2. The summed E-state index contributed by atoms with van der Waals surface area (Å²) in [4.78, 5) is 10.7. The third-order valence-corrected chi connectivity index (χ3v) is 0.938. The quantitative estimate of drug-likeness (QED) is 0.442. The monoisotopic (exact) mass is 142 g/mol. The van der Waals surface area contributed by atoms with Gasteiger partial charge < -0.3 is 4.74 Å². The van der Waals surface area contributed by atoms with Gasteiger partial charge in [0, 0.05) is 6.08 Å². The SMILES string of the molecule is CC/C=C\C(=O)OCCC. The van der Waals surface area contributed by atoms with Gasteiger partial charge in [0.15, 0.2) is 0 Å². The number of ether oxygens (including phenoxy) is 1. The van der Waals surface area contributed by atoms with Crippen molar-refractivity contribution in [3.8, 4) is 0 Å². The molecule has 2 nitrogen and oxygen atoms in total. The first-order valence-corrected chi connectivity index (χ1v) is 3.64. The summed E-state index contributed by atoms with van der Waals surface area (Å²) in [6.07, 6.45) is 5.01. The molecule has 0 bridgehead atoms. The zero-order valence-electron chi connectivity index (χ0n) is 6.59. The van der Waals surface area contributed by atoms with Crippen molar-refractivity contribution in [2.24, 2.45) is 0 Å². The minimum absolute atomic E-state index is 0.233. The minimum Gasteiger partial charge on any atom is -0.463 e. The van der Waals surface area contributed by atoms with Crippen molar-refractivity contribution < 1.29 is 9.53 Å². The first kappa shape index (κ1) is 9.21. The van der Waals surface area contributed by atoms with Crippen molar-refractivity contribution in [1.82, 2.24) is 0 Å². The van der Waals surface area contributed by atoms with Gasteiger partial charge in [0.25, 0.3) is 0 Å². The maximum absolute atomic E-state index is 10.7. The molecule has 0 aromatic rings. The van der Waals surface area contributed by atoms with Gasteiger partial charge in [0.2, 0.25) is 0 Å². The van der Waals surface area contributed by atoms with Crippen molar-refractivity contribution in [2.45, 2.75) is 26.7 Å². The number of rotatable bonds is 4. The topological polar surface area (TPSA) is 26.3 Å². The van der Waals surface area contributed by atoms with E-state index in [0.717, 1.165) is 12.8 Å². The molecule has 0 spiro atoms. The predicted molar refractivity (Wildman–Crippen MR) is 40.7 cm³/mol. The van der Waals surface area contributed by atoms with Crippen molar-refractivity contribution >= 4 is 5.97 Å². The molecule has 2 heteroatoms. The number of carbonyl (C=O) groups is 1. The van der Waals surface area contributed by atoms with Crippen molar-refractivity contribution in [3.05, 3.63) is 12.2 Å². The molecule has 0 aliphatic heterocycles. The van der Waals surface area contributed by atoms with Crippen LogP contribution >= 0.6 is 0 Å². The second-order valence-corrected chi connectivity index (χ2v) is 1.98. The summed E-state index contributed by atoms with van der Waals surface area (Å²) in [5.41, 5.74) is 0. The van der Waals surface area contributed by atoms with E-state index in [1.807, 2.05) is 13.8 Å². The fourth-order valence-electron chi connectivity index (χ4n) is 0.465. The minimum atomic E-state index is -0.233. The van der Waals surface area contributed by atoms with Crippen LogP contribution in [0, 0.1) is 0 Å². The first-order valence-electron chi connectivity index (χ1n) is 3.64. The van der Waals surface area contributed by atoms with Crippen LogP contribution in [0.4, 0.5) is 0 Å². The van der Waals surface area contributed by atoms with Gasteiger partial charge in [-0.05, 0) is 12.8 Å².